The number of rotatable bonds is 4. The van der Waals surface area contributed by atoms with Crippen LogP contribution in [0.5, 0.6) is 0 Å². The van der Waals surface area contributed by atoms with Gasteiger partial charge in [0.1, 0.15) is 6.29 Å². The number of aromatic carboxylic acids is 1. The number of carboxylic acid groups (broad SMARTS) is 1. The van der Waals surface area contributed by atoms with Crippen molar-refractivity contribution in [2.75, 3.05) is 11.9 Å². The highest BCUT2D eigenvalue weighted by atomic mass is 16.4. The first-order valence-corrected chi connectivity index (χ1v) is 4.46. The maximum absolute atomic E-state index is 11.2. The van der Waals surface area contributed by atoms with Crippen LogP contribution in [0.3, 0.4) is 0 Å². The summed E-state index contributed by atoms with van der Waals surface area (Å²) in [5.41, 5.74) is 0.169. The molecule has 6 heteroatoms. The van der Waals surface area contributed by atoms with Gasteiger partial charge in [0.2, 0.25) is 0 Å². The van der Waals surface area contributed by atoms with Crippen molar-refractivity contribution in [3.05, 3.63) is 29.8 Å². The second-order valence-electron chi connectivity index (χ2n) is 2.85. The number of benzene rings is 1. The van der Waals surface area contributed by atoms with Gasteiger partial charge in [0.15, 0.2) is 0 Å². The first-order valence-electron chi connectivity index (χ1n) is 4.46. The molecule has 3 N–H and O–H groups in total. The van der Waals surface area contributed by atoms with Gasteiger partial charge in [0.25, 0.3) is 0 Å². The molecule has 2 amide bonds. The van der Waals surface area contributed by atoms with Gasteiger partial charge in [0.05, 0.1) is 17.8 Å². The molecule has 0 aliphatic heterocycles. The molecule has 0 bridgehead atoms. The number of nitrogens with one attached hydrogen (secondary N) is 2. The summed E-state index contributed by atoms with van der Waals surface area (Å²) in [6.45, 7) is -0.124. The van der Waals surface area contributed by atoms with Gasteiger partial charge in [-0.05, 0) is 12.1 Å². The fraction of sp³-hybridized carbons (Fsp3) is 0.100. The van der Waals surface area contributed by atoms with E-state index in [0.29, 0.717) is 6.29 Å². The molecule has 84 valence electrons. The van der Waals surface area contributed by atoms with Crippen molar-refractivity contribution >= 4 is 24.0 Å². The number of hydrogen-bond acceptors (Lipinski definition) is 3. The Labute approximate surface area is 91.3 Å². The Hall–Kier alpha value is -2.37. The lowest BCUT2D eigenvalue weighted by molar-refractivity contribution is -0.107. The van der Waals surface area contributed by atoms with Gasteiger partial charge in [-0.1, -0.05) is 12.1 Å². The Morgan fingerprint density at radius 1 is 1.31 bits per heavy atom. The molecule has 0 aliphatic carbocycles. The molecule has 0 heterocycles. The van der Waals surface area contributed by atoms with Crippen LogP contribution in [-0.2, 0) is 4.79 Å². The molecule has 0 unspecified atom stereocenters. The zero-order valence-corrected chi connectivity index (χ0v) is 8.27. The van der Waals surface area contributed by atoms with Crippen molar-refractivity contribution in [2.45, 2.75) is 0 Å². The minimum absolute atomic E-state index is 0.0104. The SMILES string of the molecule is O=CCNC(=O)Nc1ccccc1C(=O)O. The van der Waals surface area contributed by atoms with Crippen LogP contribution in [0, 0.1) is 0 Å². The molecule has 0 aromatic heterocycles. The number of carbonyl (C=O) groups is 3. The van der Waals surface area contributed by atoms with E-state index in [4.69, 9.17) is 5.11 Å². The Bertz CT molecular complexity index is 417. The van der Waals surface area contributed by atoms with Crippen LogP contribution in [0.15, 0.2) is 24.3 Å². The van der Waals surface area contributed by atoms with Gasteiger partial charge in [-0.2, -0.15) is 0 Å². The molecule has 0 fully saturated rings. The molecule has 0 aliphatic rings. The first-order chi connectivity index (χ1) is 7.65. The van der Waals surface area contributed by atoms with Gasteiger partial charge in [0, 0.05) is 0 Å². The monoisotopic (exact) mass is 222 g/mol. The fourth-order valence-electron chi connectivity index (χ4n) is 1.08. The van der Waals surface area contributed by atoms with Crippen LogP contribution in [0.2, 0.25) is 0 Å². The topological polar surface area (TPSA) is 95.5 Å². The lowest BCUT2D eigenvalue weighted by Crippen LogP contribution is -2.30. The molecule has 1 aromatic rings. The summed E-state index contributed by atoms with van der Waals surface area (Å²) in [5, 5.41) is 13.4. The molecule has 0 saturated heterocycles. The predicted octanol–water partition coefficient (Wildman–Crippen LogP) is 0.705. The Morgan fingerprint density at radius 2 is 2.00 bits per heavy atom. The molecule has 1 rings (SSSR count). The summed E-state index contributed by atoms with van der Waals surface area (Å²) in [4.78, 5) is 32.0. The Kier molecular flexibility index (Phi) is 4.02. The van der Waals surface area contributed by atoms with Gasteiger partial charge >= 0.3 is 12.0 Å². The van der Waals surface area contributed by atoms with Crippen molar-refractivity contribution in [3.8, 4) is 0 Å². The fourth-order valence-corrected chi connectivity index (χ4v) is 1.08. The second-order valence-corrected chi connectivity index (χ2v) is 2.85. The minimum Gasteiger partial charge on any atom is -0.478 e. The smallest absolute Gasteiger partial charge is 0.337 e. The number of para-hydroxylation sites is 1. The highest BCUT2D eigenvalue weighted by Gasteiger charge is 2.10. The zero-order chi connectivity index (χ0) is 12.0. The van der Waals surface area contributed by atoms with Crippen LogP contribution in [0.1, 0.15) is 10.4 Å². The zero-order valence-electron chi connectivity index (χ0n) is 8.27. The quantitative estimate of drug-likeness (QED) is 0.653. The van der Waals surface area contributed by atoms with E-state index in [9.17, 15) is 14.4 Å². The molecule has 0 spiro atoms. The van der Waals surface area contributed by atoms with E-state index in [1.165, 1.54) is 12.1 Å². The molecule has 0 saturated carbocycles. The number of carbonyl (C=O) groups excluding carboxylic acids is 2. The summed E-state index contributed by atoms with van der Waals surface area (Å²) in [5.74, 6) is -1.13. The standard InChI is InChI=1S/C10H10N2O4/c13-6-5-11-10(16)12-8-4-2-1-3-7(8)9(14)15/h1-4,6H,5H2,(H,14,15)(H2,11,12,16). The van der Waals surface area contributed by atoms with Crippen LogP contribution >= 0.6 is 0 Å². The van der Waals surface area contributed by atoms with Crippen molar-refractivity contribution in [1.29, 1.82) is 0 Å². The number of urea groups is 1. The van der Waals surface area contributed by atoms with Gasteiger partial charge < -0.3 is 20.5 Å². The number of aldehydes is 1. The molecule has 0 atom stereocenters. The van der Waals surface area contributed by atoms with E-state index in [1.807, 2.05) is 0 Å². The third kappa shape index (κ3) is 3.09. The lowest BCUT2D eigenvalue weighted by atomic mass is 10.2. The highest BCUT2D eigenvalue weighted by Crippen LogP contribution is 2.14. The van der Waals surface area contributed by atoms with E-state index < -0.39 is 12.0 Å². The number of hydrogen-bond donors (Lipinski definition) is 3. The summed E-state index contributed by atoms with van der Waals surface area (Å²) < 4.78 is 0. The van der Waals surface area contributed by atoms with Crippen LogP contribution in [-0.4, -0.2) is 29.9 Å². The number of amides is 2. The summed E-state index contributed by atoms with van der Waals surface area (Å²) in [7, 11) is 0. The van der Waals surface area contributed by atoms with E-state index in [0.717, 1.165) is 0 Å². The maximum atomic E-state index is 11.2. The molecule has 0 radical (unpaired) electrons. The average molecular weight is 222 g/mol. The molecular formula is C10H10N2O4. The van der Waals surface area contributed by atoms with Crippen LogP contribution in [0.4, 0.5) is 10.5 Å². The second kappa shape index (κ2) is 5.50. The first kappa shape index (κ1) is 11.7. The van der Waals surface area contributed by atoms with Crippen molar-refractivity contribution < 1.29 is 19.5 Å². The minimum atomic E-state index is -1.13. The maximum Gasteiger partial charge on any atom is 0.337 e. The number of carboxylic acids is 1. The summed E-state index contributed by atoms with van der Waals surface area (Å²) in [6, 6.07) is 5.36. The van der Waals surface area contributed by atoms with Crippen LogP contribution < -0.4 is 10.6 Å². The predicted molar refractivity (Wildman–Crippen MR) is 56.5 cm³/mol. The van der Waals surface area contributed by atoms with Crippen molar-refractivity contribution in [1.82, 2.24) is 5.32 Å². The van der Waals surface area contributed by atoms with Crippen molar-refractivity contribution in [2.24, 2.45) is 0 Å². The molecular weight excluding hydrogens is 212 g/mol. The molecule has 6 nitrogen and oxygen atoms in total. The van der Waals surface area contributed by atoms with Gasteiger partial charge in [-0.25, -0.2) is 9.59 Å². The van der Waals surface area contributed by atoms with E-state index in [-0.39, 0.29) is 17.8 Å². The summed E-state index contributed by atoms with van der Waals surface area (Å²) >= 11 is 0. The average Bonchev–Trinajstić information content (AvgIpc) is 2.27. The van der Waals surface area contributed by atoms with Crippen molar-refractivity contribution in [3.63, 3.8) is 0 Å². The van der Waals surface area contributed by atoms with E-state index in [2.05, 4.69) is 10.6 Å². The van der Waals surface area contributed by atoms with E-state index in [1.54, 1.807) is 12.1 Å². The largest absolute Gasteiger partial charge is 0.478 e. The number of anilines is 1. The van der Waals surface area contributed by atoms with E-state index >= 15 is 0 Å². The van der Waals surface area contributed by atoms with Gasteiger partial charge in [-0.15, -0.1) is 0 Å². The highest BCUT2D eigenvalue weighted by molar-refractivity contribution is 6.00. The third-order valence-electron chi connectivity index (χ3n) is 1.75. The molecule has 16 heavy (non-hydrogen) atoms. The Morgan fingerprint density at radius 3 is 2.62 bits per heavy atom. The lowest BCUT2D eigenvalue weighted by Gasteiger charge is -2.07. The normalized spacial score (nSPS) is 9.25. The Balaban J connectivity index is 2.76. The summed E-state index contributed by atoms with van der Waals surface area (Å²) in [6.07, 6.45) is 0.530. The third-order valence-corrected chi connectivity index (χ3v) is 1.75. The molecule has 1 aromatic carbocycles. The van der Waals surface area contributed by atoms with Gasteiger partial charge in [-0.3, -0.25) is 0 Å². The van der Waals surface area contributed by atoms with Crippen LogP contribution in [0.25, 0.3) is 0 Å².